The molecule has 3 rings (SSSR count). The van der Waals surface area contributed by atoms with Gasteiger partial charge in [0.1, 0.15) is 6.04 Å². The minimum atomic E-state index is -0.466. The summed E-state index contributed by atoms with van der Waals surface area (Å²) >= 11 is 0. The van der Waals surface area contributed by atoms with Gasteiger partial charge < -0.3 is 15.2 Å². The number of pyridine rings is 1. The van der Waals surface area contributed by atoms with Crippen LogP contribution >= 0.6 is 0 Å². The second-order valence-electron chi connectivity index (χ2n) is 5.79. The van der Waals surface area contributed by atoms with Crippen molar-refractivity contribution < 1.29 is 9.59 Å². The fourth-order valence-corrected chi connectivity index (χ4v) is 3.00. The van der Waals surface area contributed by atoms with Crippen LogP contribution in [-0.4, -0.2) is 35.5 Å². The Kier molecular flexibility index (Phi) is 4.24. The maximum absolute atomic E-state index is 12.3. The van der Waals surface area contributed by atoms with E-state index in [0.29, 0.717) is 18.5 Å². The molecule has 0 unspecified atom stereocenters. The Morgan fingerprint density at radius 1 is 1.14 bits per heavy atom. The average Bonchev–Trinajstić information content (AvgIpc) is 2.51. The van der Waals surface area contributed by atoms with E-state index < -0.39 is 6.04 Å². The number of piperidine rings is 2. The highest BCUT2D eigenvalue weighted by molar-refractivity contribution is 6.01. The number of carbonyl (C=O) groups excluding carboxylic acids is 2. The first-order valence-electron chi connectivity index (χ1n) is 7.66. The molecule has 0 bridgehead atoms. The number of hydrogen-bond acceptors (Lipinski definition) is 5. The van der Waals surface area contributed by atoms with Crippen molar-refractivity contribution in [2.45, 2.75) is 37.8 Å². The number of nitrogens with zero attached hydrogens (tertiary/aromatic N) is 1. The quantitative estimate of drug-likeness (QED) is 0.683. The number of anilines is 1. The normalized spacial score (nSPS) is 23.2. The summed E-state index contributed by atoms with van der Waals surface area (Å²) in [5.41, 5.74) is 0.550. The van der Waals surface area contributed by atoms with Gasteiger partial charge in [-0.05, 0) is 38.4 Å². The molecule has 3 heterocycles. The van der Waals surface area contributed by atoms with E-state index in [9.17, 15) is 14.4 Å². The minimum absolute atomic E-state index is 0.0656. The summed E-state index contributed by atoms with van der Waals surface area (Å²) in [4.78, 5) is 35.1. The zero-order valence-corrected chi connectivity index (χ0v) is 12.3. The van der Waals surface area contributed by atoms with Crippen molar-refractivity contribution >= 4 is 17.5 Å². The van der Waals surface area contributed by atoms with Crippen LogP contribution in [0.25, 0.3) is 0 Å². The van der Waals surface area contributed by atoms with E-state index in [1.165, 1.54) is 6.07 Å². The Balaban J connectivity index is 1.70. The predicted octanol–water partition coefficient (Wildman–Crippen LogP) is -0.0101. The van der Waals surface area contributed by atoms with Gasteiger partial charge in [-0.25, -0.2) is 0 Å². The van der Waals surface area contributed by atoms with E-state index in [4.69, 9.17) is 0 Å². The molecule has 2 aliphatic heterocycles. The maximum atomic E-state index is 12.3. The highest BCUT2D eigenvalue weighted by Crippen LogP contribution is 2.18. The maximum Gasteiger partial charge on any atom is 0.252 e. The summed E-state index contributed by atoms with van der Waals surface area (Å²) in [5.74, 6) is -0.580. The fraction of sp³-hybridized carbons (Fsp3) is 0.533. The molecule has 7 heteroatoms. The molecule has 2 aliphatic rings. The number of rotatable bonds is 3. The molecular formula is C15H20N4O3. The van der Waals surface area contributed by atoms with E-state index in [2.05, 4.69) is 16.0 Å². The lowest BCUT2D eigenvalue weighted by molar-refractivity contribution is -0.133. The lowest BCUT2D eigenvalue weighted by atomic mass is 10.1. The molecular weight excluding hydrogens is 284 g/mol. The molecule has 3 N–H and O–H groups in total. The van der Waals surface area contributed by atoms with Crippen LogP contribution < -0.4 is 21.5 Å². The summed E-state index contributed by atoms with van der Waals surface area (Å²) in [5, 5.41) is 8.61. The van der Waals surface area contributed by atoms with Crippen molar-refractivity contribution in [3.05, 3.63) is 28.7 Å². The molecule has 0 saturated carbocycles. The lowest BCUT2D eigenvalue weighted by Gasteiger charge is -2.26. The number of carbonyl (C=O) groups is 2. The van der Waals surface area contributed by atoms with Crippen molar-refractivity contribution in [3.63, 3.8) is 0 Å². The van der Waals surface area contributed by atoms with Gasteiger partial charge in [0.05, 0.1) is 0 Å². The van der Waals surface area contributed by atoms with Crippen LogP contribution in [-0.2, 0) is 9.59 Å². The second kappa shape index (κ2) is 6.31. The van der Waals surface area contributed by atoms with Crippen LogP contribution in [0.4, 0.5) is 5.69 Å². The number of aromatic nitrogens is 1. The summed E-state index contributed by atoms with van der Waals surface area (Å²) in [6.07, 6.45) is 4.43. The lowest BCUT2D eigenvalue weighted by Crippen LogP contribution is -2.47. The third-order valence-corrected chi connectivity index (χ3v) is 4.23. The number of hydrogen-bond donors (Lipinski definition) is 3. The van der Waals surface area contributed by atoms with Crippen LogP contribution in [0.3, 0.4) is 0 Å². The molecule has 0 radical (unpaired) electrons. The summed E-state index contributed by atoms with van der Waals surface area (Å²) < 4.78 is 1.76. The number of nitrogens with one attached hydrogen (secondary N) is 3. The summed E-state index contributed by atoms with van der Waals surface area (Å²) in [7, 11) is 0. The van der Waals surface area contributed by atoms with Gasteiger partial charge in [-0.1, -0.05) is 0 Å². The first-order valence-corrected chi connectivity index (χ1v) is 7.66. The van der Waals surface area contributed by atoms with Gasteiger partial charge in [0.15, 0.2) is 0 Å². The predicted molar refractivity (Wildman–Crippen MR) is 81.6 cm³/mol. The van der Waals surface area contributed by atoms with Gasteiger partial charge in [-0.2, -0.15) is 0 Å². The van der Waals surface area contributed by atoms with Crippen LogP contribution in [0.15, 0.2) is 23.1 Å². The van der Waals surface area contributed by atoms with Crippen molar-refractivity contribution in [1.82, 2.24) is 15.2 Å². The molecule has 0 aromatic carbocycles. The van der Waals surface area contributed by atoms with Gasteiger partial charge in [0.2, 0.25) is 11.8 Å². The van der Waals surface area contributed by atoms with Crippen molar-refractivity contribution in [2.24, 2.45) is 0 Å². The largest absolute Gasteiger partial charge is 0.373 e. The molecule has 22 heavy (non-hydrogen) atoms. The molecule has 7 nitrogen and oxygen atoms in total. The fourth-order valence-electron chi connectivity index (χ4n) is 3.00. The molecule has 1 aromatic heterocycles. The topological polar surface area (TPSA) is 92.2 Å². The van der Waals surface area contributed by atoms with Gasteiger partial charge in [-0.3, -0.25) is 19.7 Å². The third-order valence-electron chi connectivity index (χ3n) is 4.23. The molecule has 0 spiro atoms. The van der Waals surface area contributed by atoms with E-state index in [0.717, 1.165) is 25.9 Å². The Bertz CT molecular complexity index is 634. The third kappa shape index (κ3) is 3.19. The molecule has 118 valence electrons. The van der Waals surface area contributed by atoms with Gasteiger partial charge in [0, 0.05) is 30.4 Å². The van der Waals surface area contributed by atoms with Crippen LogP contribution in [0.1, 0.15) is 31.7 Å². The van der Waals surface area contributed by atoms with E-state index in [1.54, 1.807) is 10.8 Å². The zero-order valence-electron chi connectivity index (χ0n) is 12.3. The Labute approximate surface area is 128 Å². The molecule has 1 aromatic rings. The molecule has 2 amide bonds. The SMILES string of the molecule is O=C1CC[C@@H](Nc2ccn(C3CCNCC3)c(=O)c2)C(=O)N1. The zero-order chi connectivity index (χ0) is 15.5. The molecule has 0 aliphatic carbocycles. The Morgan fingerprint density at radius 3 is 2.59 bits per heavy atom. The van der Waals surface area contributed by atoms with E-state index >= 15 is 0 Å². The molecule has 2 saturated heterocycles. The molecule has 1 atom stereocenters. The second-order valence-corrected chi connectivity index (χ2v) is 5.79. The standard InChI is InChI=1S/C15H20N4O3/c20-13-2-1-12(15(22)18-13)17-10-5-8-19(14(21)9-10)11-3-6-16-7-4-11/h5,8-9,11-12,16-17H,1-4,6-7H2,(H,18,20,22)/t12-/m1/s1. The summed E-state index contributed by atoms with van der Waals surface area (Å²) in [6.45, 7) is 1.85. The van der Waals surface area contributed by atoms with Crippen molar-refractivity contribution in [2.75, 3.05) is 18.4 Å². The Hall–Kier alpha value is -2.15. The first-order chi connectivity index (χ1) is 10.6. The van der Waals surface area contributed by atoms with Gasteiger partial charge in [-0.15, -0.1) is 0 Å². The van der Waals surface area contributed by atoms with Crippen molar-refractivity contribution in [1.29, 1.82) is 0 Å². The van der Waals surface area contributed by atoms with Gasteiger partial charge in [0.25, 0.3) is 5.56 Å². The minimum Gasteiger partial charge on any atom is -0.373 e. The van der Waals surface area contributed by atoms with Crippen LogP contribution in [0.2, 0.25) is 0 Å². The summed E-state index contributed by atoms with van der Waals surface area (Å²) in [6, 6.07) is 3.10. The first kappa shape index (κ1) is 14.8. The molecule has 2 fully saturated rings. The monoisotopic (exact) mass is 304 g/mol. The highest BCUT2D eigenvalue weighted by Gasteiger charge is 2.26. The van der Waals surface area contributed by atoms with Crippen molar-refractivity contribution in [3.8, 4) is 0 Å². The van der Waals surface area contributed by atoms with E-state index in [-0.39, 0.29) is 23.4 Å². The van der Waals surface area contributed by atoms with Crippen LogP contribution in [0.5, 0.6) is 0 Å². The number of amides is 2. The average molecular weight is 304 g/mol. The number of imide groups is 1. The van der Waals surface area contributed by atoms with Crippen LogP contribution in [0, 0.1) is 0 Å². The Morgan fingerprint density at radius 2 is 1.91 bits per heavy atom. The van der Waals surface area contributed by atoms with Gasteiger partial charge >= 0.3 is 0 Å². The highest BCUT2D eigenvalue weighted by atomic mass is 16.2. The smallest absolute Gasteiger partial charge is 0.252 e. The van der Waals surface area contributed by atoms with E-state index in [1.807, 2.05) is 6.07 Å².